The molecular formula is C12H15BrN2O2. The smallest absolute Gasteiger partial charge is 0.251 e. The topological polar surface area (TPSA) is 50.4 Å². The Kier molecular flexibility index (Phi) is 4.53. The predicted octanol–water partition coefficient (Wildman–Crippen LogP) is 1.17. The predicted molar refractivity (Wildman–Crippen MR) is 69.1 cm³/mol. The number of ether oxygens (including phenoxy) is 1. The molecule has 1 aromatic carbocycles. The lowest BCUT2D eigenvalue weighted by Gasteiger charge is -2.23. The molecule has 1 aliphatic heterocycles. The van der Waals surface area contributed by atoms with Gasteiger partial charge in [0.2, 0.25) is 0 Å². The van der Waals surface area contributed by atoms with Gasteiger partial charge in [-0.2, -0.15) is 0 Å². The highest BCUT2D eigenvalue weighted by Gasteiger charge is 2.14. The number of carbonyl (C=O) groups is 1. The van der Waals surface area contributed by atoms with Gasteiger partial charge in [-0.1, -0.05) is 22.0 Å². The Labute approximate surface area is 109 Å². The van der Waals surface area contributed by atoms with Crippen LogP contribution in [-0.4, -0.2) is 38.3 Å². The van der Waals surface area contributed by atoms with Crippen LogP contribution in [0.1, 0.15) is 10.4 Å². The number of carbonyl (C=O) groups excluding carboxylic acids is 1. The third-order valence-electron chi connectivity index (χ3n) is 2.59. The second-order valence-corrected chi connectivity index (χ2v) is 4.86. The molecule has 1 amide bonds. The fourth-order valence-electron chi connectivity index (χ4n) is 1.70. The van der Waals surface area contributed by atoms with Crippen molar-refractivity contribution < 1.29 is 9.53 Å². The van der Waals surface area contributed by atoms with Crippen molar-refractivity contribution in [1.29, 1.82) is 0 Å². The molecule has 1 fully saturated rings. The molecule has 0 aromatic heterocycles. The summed E-state index contributed by atoms with van der Waals surface area (Å²) in [5, 5.41) is 6.18. The molecule has 0 spiro atoms. The zero-order chi connectivity index (χ0) is 12.1. The number of morpholine rings is 1. The maximum atomic E-state index is 11.8. The summed E-state index contributed by atoms with van der Waals surface area (Å²) in [6.07, 6.45) is 0. The van der Waals surface area contributed by atoms with E-state index in [1.54, 1.807) is 12.1 Å². The van der Waals surface area contributed by atoms with E-state index < -0.39 is 0 Å². The Hall–Kier alpha value is -0.910. The Bertz CT molecular complexity index is 392. The van der Waals surface area contributed by atoms with E-state index in [0.29, 0.717) is 18.7 Å². The normalized spacial score (nSPS) is 19.9. The molecule has 1 saturated heterocycles. The largest absolute Gasteiger partial charge is 0.378 e. The molecule has 1 aliphatic rings. The van der Waals surface area contributed by atoms with Crippen molar-refractivity contribution in [2.24, 2.45) is 0 Å². The van der Waals surface area contributed by atoms with Gasteiger partial charge in [-0.25, -0.2) is 0 Å². The first kappa shape index (κ1) is 12.5. The van der Waals surface area contributed by atoms with Gasteiger partial charge in [-0.05, 0) is 18.2 Å². The summed E-state index contributed by atoms with van der Waals surface area (Å²) < 4.78 is 6.22. The van der Waals surface area contributed by atoms with Crippen LogP contribution >= 0.6 is 15.9 Å². The highest BCUT2D eigenvalue weighted by atomic mass is 79.9. The molecule has 17 heavy (non-hydrogen) atoms. The van der Waals surface area contributed by atoms with E-state index in [9.17, 15) is 4.79 Å². The van der Waals surface area contributed by atoms with Gasteiger partial charge >= 0.3 is 0 Å². The van der Waals surface area contributed by atoms with Crippen molar-refractivity contribution in [3.63, 3.8) is 0 Å². The molecule has 1 heterocycles. The molecule has 2 rings (SSSR count). The first-order valence-corrected chi connectivity index (χ1v) is 6.40. The van der Waals surface area contributed by atoms with Gasteiger partial charge in [0.15, 0.2) is 0 Å². The highest BCUT2D eigenvalue weighted by molar-refractivity contribution is 9.10. The lowest BCUT2D eigenvalue weighted by molar-refractivity contribution is 0.0734. The molecular weight excluding hydrogens is 284 g/mol. The second kappa shape index (κ2) is 6.14. The molecule has 2 N–H and O–H groups in total. The number of halogens is 1. The summed E-state index contributed by atoms with van der Waals surface area (Å²) in [6, 6.07) is 7.55. The van der Waals surface area contributed by atoms with Crippen LogP contribution < -0.4 is 10.6 Å². The summed E-state index contributed by atoms with van der Waals surface area (Å²) in [7, 11) is 0. The number of benzene rings is 1. The minimum absolute atomic E-state index is 0.0568. The molecule has 0 bridgehead atoms. The summed E-state index contributed by atoms with van der Waals surface area (Å²) in [4.78, 5) is 11.8. The van der Waals surface area contributed by atoms with Crippen molar-refractivity contribution >= 4 is 21.8 Å². The number of rotatable bonds is 3. The fraction of sp³-hybridized carbons (Fsp3) is 0.417. The third kappa shape index (κ3) is 3.80. The van der Waals surface area contributed by atoms with E-state index in [1.807, 2.05) is 12.1 Å². The van der Waals surface area contributed by atoms with E-state index in [1.165, 1.54) is 0 Å². The van der Waals surface area contributed by atoms with Crippen LogP contribution in [0, 0.1) is 0 Å². The molecule has 0 radical (unpaired) electrons. The molecule has 0 aliphatic carbocycles. The first-order chi connectivity index (χ1) is 8.25. The van der Waals surface area contributed by atoms with Crippen LogP contribution in [0.2, 0.25) is 0 Å². The van der Waals surface area contributed by atoms with Crippen molar-refractivity contribution in [1.82, 2.24) is 10.6 Å². The standard InChI is InChI=1S/C12H15BrN2O2/c13-10-3-1-2-9(6-10)12(16)15-7-11-8-17-5-4-14-11/h1-3,6,11,14H,4-5,7-8H2,(H,15,16). The molecule has 92 valence electrons. The lowest BCUT2D eigenvalue weighted by Crippen LogP contribution is -2.48. The summed E-state index contributed by atoms with van der Waals surface area (Å²) >= 11 is 3.35. The highest BCUT2D eigenvalue weighted by Crippen LogP contribution is 2.11. The number of nitrogens with one attached hydrogen (secondary N) is 2. The van der Waals surface area contributed by atoms with Crippen molar-refractivity contribution in [2.75, 3.05) is 26.3 Å². The molecule has 1 atom stereocenters. The summed E-state index contributed by atoms with van der Waals surface area (Å²) in [5.74, 6) is -0.0568. The van der Waals surface area contributed by atoms with Gasteiger partial charge in [0.1, 0.15) is 0 Å². The van der Waals surface area contributed by atoms with Crippen molar-refractivity contribution in [3.05, 3.63) is 34.3 Å². The van der Waals surface area contributed by atoms with Crippen LogP contribution in [0.25, 0.3) is 0 Å². The van der Waals surface area contributed by atoms with Gasteiger partial charge < -0.3 is 15.4 Å². The second-order valence-electron chi connectivity index (χ2n) is 3.95. The quantitative estimate of drug-likeness (QED) is 0.881. The van der Waals surface area contributed by atoms with E-state index in [-0.39, 0.29) is 11.9 Å². The third-order valence-corrected chi connectivity index (χ3v) is 3.09. The first-order valence-electron chi connectivity index (χ1n) is 5.60. The van der Waals surface area contributed by atoms with Gasteiger partial charge in [0, 0.05) is 29.2 Å². The van der Waals surface area contributed by atoms with E-state index in [0.717, 1.165) is 17.6 Å². The summed E-state index contributed by atoms with van der Waals surface area (Å²) in [6.45, 7) is 2.83. The van der Waals surface area contributed by atoms with E-state index in [4.69, 9.17) is 4.74 Å². The Morgan fingerprint density at radius 2 is 2.47 bits per heavy atom. The van der Waals surface area contributed by atoms with Crippen LogP contribution in [-0.2, 0) is 4.74 Å². The van der Waals surface area contributed by atoms with Gasteiger partial charge in [0.25, 0.3) is 5.91 Å². The average molecular weight is 299 g/mol. The minimum atomic E-state index is -0.0568. The fourth-order valence-corrected chi connectivity index (χ4v) is 2.10. The summed E-state index contributed by atoms with van der Waals surface area (Å²) in [5.41, 5.74) is 0.663. The zero-order valence-corrected chi connectivity index (χ0v) is 11.0. The zero-order valence-electron chi connectivity index (χ0n) is 9.41. The molecule has 0 saturated carbocycles. The van der Waals surface area contributed by atoms with E-state index in [2.05, 4.69) is 26.6 Å². The molecule has 1 aromatic rings. The Balaban J connectivity index is 1.84. The number of amides is 1. The van der Waals surface area contributed by atoms with Crippen LogP contribution in [0.15, 0.2) is 28.7 Å². The monoisotopic (exact) mass is 298 g/mol. The van der Waals surface area contributed by atoms with Crippen LogP contribution in [0.3, 0.4) is 0 Å². The maximum absolute atomic E-state index is 11.8. The number of hydrogen-bond donors (Lipinski definition) is 2. The SMILES string of the molecule is O=C(NCC1COCCN1)c1cccc(Br)c1. The minimum Gasteiger partial charge on any atom is -0.378 e. The van der Waals surface area contributed by atoms with Gasteiger partial charge in [-0.3, -0.25) is 4.79 Å². The van der Waals surface area contributed by atoms with E-state index >= 15 is 0 Å². The number of hydrogen-bond acceptors (Lipinski definition) is 3. The molecule has 5 heteroatoms. The maximum Gasteiger partial charge on any atom is 0.251 e. The van der Waals surface area contributed by atoms with Gasteiger partial charge in [-0.15, -0.1) is 0 Å². The lowest BCUT2D eigenvalue weighted by atomic mass is 10.2. The Morgan fingerprint density at radius 3 is 3.18 bits per heavy atom. The van der Waals surface area contributed by atoms with Crippen LogP contribution in [0.5, 0.6) is 0 Å². The van der Waals surface area contributed by atoms with Crippen LogP contribution in [0.4, 0.5) is 0 Å². The Morgan fingerprint density at radius 1 is 1.59 bits per heavy atom. The average Bonchev–Trinajstić information content (AvgIpc) is 2.37. The van der Waals surface area contributed by atoms with Gasteiger partial charge in [0.05, 0.1) is 13.2 Å². The van der Waals surface area contributed by atoms with Crippen molar-refractivity contribution in [3.8, 4) is 0 Å². The van der Waals surface area contributed by atoms with Crippen molar-refractivity contribution in [2.45, 2.75) is 6.04 Å². The molecule has 1 unspecified atom stereocenters. The molecule has 4 nitrogen and oxygen atoms in total.